The van der Waals surface area contributed by atoms with Gasteiger partial charge in [-0.05, 0) is 33.8 Å². The zero-order valence-corrected chi connectivity index (χ0v) is 11.1. The van der Waals surface area contributed by atoms with E-state index in [1.807, 2.05) is 20.8 Å². The number of carbonyl (C=O) groups is 2. The van der Waals surface area contributed by atoms with Gasteiger partial charge in [0.25, 0.3) is 5.91 Å². The second-order valence-corrected chi connectivity index (χ2v) is 5.18. The molecular formula is C12H15ClN2O2. The summed E-state index contributed by atoms with van der Waals surface area (Å²) in [6.45, 7) is 6.91. The Morgan fingerprint density at radius 2 is 1.94 bits per heavy atom. The van der Waals surface area contributed by atoms with Gasteiger partial charge in [-0.15, -0.1) is 0 Å². The van der Waals surface area contributed by atoms with Crippen LogP contribution in [0.2, 0.25) is 5.02 Å². The van der Waals surface area contributed by atoms with Crippen LogP contribution in [-0.4, -0.2) is 22.2 Å². The Labute approximate surface area is 105 Å². The van der Waals surface area contributed by atoms with Crippen molar-refractivity contribution in [2.24, 2.45) is 0 Å². The lowest BCUT2D eigenvalue weighted by Gasteiger charge is -2.20. The van der Waals surface area contributed by atoms with Gasteiger partial charge in [0.1, 0.15) is 5.69 Å². The summed E-state index contributed by atoms with van der Waals surface area (Å²) in [5, 5.41) is 2.99. The summed E-state index contributed by atoms with van der Waals surface area (Å²) < 4.78 is 0. The molecule has 0 saturated carbocycles. The van der Waals surface area contributed by atoms with Crippen LogP contribution in [0.4, 0.5) is 0 Å². The fourth-order valence-corrected chi connectivity index (χ4v) is 1.62. The zero-order valence-electron chi connectivity index (χ0n) is 10.3. The van der Waals surface area contributed by atoms with Crippen LogP contribution in [0.15, 0.2) is 12.3 Å². The molecule has 0 radical (unpaired) electrons. The fourth-order valence-electron chi connectivity index (χ4n) is 1.35. The molecule has 0 spiro atoms. The number of nitrogens with one attached hydrogen (secondary N) is 1. The van der Waals surface area contributed by atoms with Crippen LogP contribution >= 0.6 is 11.6 Å². The zero-order chi connectivity index (χ0) is 13.2. The lowest BCUT2D eigenvalue weighted by Crippen LogP contribution is -2.41. The summed E-state index contributed by atoms with van der Waals surface area (Å²) in [5.41, 5.74) is -0.161. The molecule has 4 nitrogen and oxygen atoms in total. The summed E-state index contributed by atoms with van der Waals surface area (Å²) in [7, 11) is 0. The van der Waals surface area contributed by atoms with Crippen molar-refractivity contribution in [3.8, 4) is 0 Å². The molecule has 1 heterocycles. The lowest BCUT2D eigenvalue weighted by molar-refractivity contribution is 0.0903. The summed E-state index contributed by atoms with van der Waals surface area (Å²) in [4.78, 5) is 27.3. The van der Waals surface area contributed by atoms with Crippen molar-refractivity contribution in [3.63, 3.8) is 0 Å². The van der Waals surface area contributed by atoms with Gasteiger partial charge in [0.15, 0.2) is 5.78 Å². The van der Waals surface area contributed by atoms with Gasteiger partial charge in [-0.25, -0.2) is 0 Å². The molecule has 5 heteroatoms. The Balaban J connectivity index is 3.19. The fraction of sp³-hybridized carbons (Fsp3) is 0.417. The molecule has 0 unspecified atom stereocenters. The van der Waals surface area contributed by atoms with Gasteiger partial charge in [0.05, 0.1) is 10.6 Å². The minimum absolute atomic E-state index is 0.0694. The Morgan fingerprint density at radius 3 is 2.41 bits per heavy atom. The monoisotopic (exact) mass is 254 g/mol. The predicted molar refractivity (Wildman–Crippen MR) is 66.5 cm³/mol. The molecule has 1 N–H and O–H groups in total. The van der Waals surface area contributed by atoms with E-state index in [1.54, 1.807) is 0 Å². The second kappa shape index (κ2) is 4.84. The van der Waals surface area contributed by atoms with Gasteiger partial charge in [0.2, 0.25) is 0 Å². The highest BCUT2D eigenvalue weighted by atomic mass is 35.5. The van der Waals surface area contributed by atoms with Gasteiger partial charge in [-0.1, -0.05) is 11.6 Å². The summed E-state index contributed by atoms with van der Waals surface area (Å²) in [5.74, 6) is -0.674. The molecule has 1 aromatic heterocycles. The van der Waals surface area contributed by atoms with E-state index in [0.717, 1.165) is 0 Å². The highest BCUT2D eigenvalue weighted by Crippen LogP contribution is 2.19. The van der Waals surface area contributed by atoms with Crippen LogP contribution in [0, 0.1) is 0 Å². The predicted octanol–water partition coefficient (Wildman–Crippen LogP) is 2.47. The summed E-state index contributed by atoms with van der Waals surface area (Å²) in [6, 6.07) is 1.49. The van der Waals surface area contributed by atoms with Crippen molar-refractivity contribution in [3.05, 3.63) is 28.5 Å². The molecule has 0 aliphatic heterocycles. The normalized spacial score (nSPS) is 11.1. The van der Waals surface area contributed by atoms with Crippen LogP contribution in [-0.2, 0) is 0 Å². The average molecular weight is 255 g/mol. The van der Waals surface area contributed by atoms with E-state index >= 15 is 0 Å². The van der Waals surface area contributed by atoms with Crippen LogP contribution < -0.4 is 5.32 Å². The second-order valence-electron chi connectivity index (χ2n) is 4.78. The molecule has 0 saturated heterocycles. The number of amides is 1. The van der Waals surface area contributed by atoms with E-state index < -0.39 is 11.4 Å². The molecule has 1 aromatic rings. The molecule has 0 aliphatic rings. The van der Waals surface area contributed by atoms with E-state index in [1.165, 1.54) is 19.2 Å². The number of nitrogens with zero attached hydrogens (tertiary/aromatic N) is 1. The minimum Gasteiger partial charge on any atom is -0.346 e. The number of ketones is 1. The average Bonchev–Trinajstić information content (AvgIpc) is 2.13. The van der Waals surface area contributed by atoms with Gasteiger partial charge in [0, 0.05) is 11.7 Å². The van der Waals surface area contributed by atoms with E-state index in [4.69, 9.17) is 11.6 Å². The van der Waals surface area contributed by atoms with Gasteiger partial charge >= 0.3 is 0 Å². The number of Topliss-reactive ketones (excluding diaryl/α,β-unsaturated/α-hetero) is 1. The van der Waals surface area contributed by atoms with Gasteiger partial charge in [-0.2, -0.15) is 0 Å². The number of hydrogen-bond donors (Lipinski definition) is 1. The molecular weight excluding hydrogens is 240 g/mol. The van der Waals surface area contributed by atoms with E-state index in [2.05, 4.69) is 10.3 Å². The molecule has 0 atom stereocenters. The standard InChI is InChI=1S/C12H15ClN2O2/c1-7(16)9-8(13)5-6-14-10(9)11(17)15-12(2,3)4/h5-6H,1-4H3,(H,15,17). The third-order valence-electron chi connectivity index (χ3n) is 1.96. The van der Waals surface area contributed by atoms with Crippen molar-refractivity contribution in [2.45, 2.75) is 33.2 Å². The van der Waals surface area contributed by atoms with E-state index in [-0.39, 0.29) is 22.1 Å². The van der Waals surface area contributed by atoms with Crippen LogP contribution in [0.1, 0.15) is 48.5 Å². The third-order valence-corrected chi connectivity index (χ3v) is 2.27. The Bertz CT molecular complexity index is 464. The Morgan fingerprint density at radius 1 is 1.35 bits per heavy atom. The van der Waals surface area contributed by atoms with Crippen molar-refractivity contribution in [1.29, 1.82) is 0 Å². The first-order valence-electron chi connectivity index (χ1n) is 5.20. The highest BCUT2D eigenvalue weighted by Gasteiger charge is 2.22. The SMILES string of the molecule is CC(=O)c1c(Cl)ccnc1C(=O)NC(C)(C)C. The summed E-state index contributed by atoms with van der Waals surface area (Å²) in [6.07, 6.45) is 1.41. The molecule has 92 valence electrons. The topological polar surface area (TPSA) is 59.1 Å². The number of aromatic nitrogens is 1. The van der Waals surface area contributed by atoms with Crippen molar-refractivity contribution in [2.75, 3.05) is 0 Å². The first kappa shape index (κ1) is 13.6. The van der Waals surface area contributed by atoms with E-state index in [0.29, 0.717) is 0 Å². The maximum absolute atomic E-state index is 12.0. The minimum atomic E-state index is -0.398. The molecule has 1 amide bonds. The molecule has 1 rings (SSSR count). The van der Waals surface area contributed by atoms with Crippen molar-refractivity contribution >= 4 is 23.3 Å². The number of rotatable bonds is 2. The van der Waals surface area contributed by atoms with Crippen LogP contribution in [0.5, 0.6) is 0 Å². The number of pyridine rings is 1. The highest BCUT2D eigenvalue weighted by molar-refractivity contribution is 6.34. The molecule has 0 aliphatic carbocycles. The molecule has 17 heavy (non-hydrogen) atoms. The van der Waals surface area contributed by atoms with Crippen LogP contribution in [0.25, 0.3) is 0 Å². The summed E-state index contributed by atoms with van der Waals surface area (Å²) >= 11 is 5.90. The maximum Gasteiger partial charge on any atom is 0.271 e. The quantitative estimate of drug-likeness (QED) is 0.825. The smallest absolute Gasteiger partial charge is 0.271 e. The number of carbonyl (C=O) groups excluding carboxylic acids is 2. The molecule has 0 fully saturated rings. The van der Waals surface area contributed by atoms with Crippen molar-refractivity contribution in [1.82, 2.24) is 10.3 Å². The van der Waals surface area contributed by atoms with Gasteiger partial charge < -0.3 is 5.32 Å². The Kier molecular flexibility index (Phi) is 3.88. The molecule has 0 bridgehead atoms. The third kappa shape index (κ3) is 3.53. The van der Waals surface area contributed by atoms with Crippen molar-refractivity contribution < 1.29 is 9.59 Å². The number of hydrogen-bond acceptors (Lipinski definition) is 3. The lowest BCUT2D eigenvalue weighted by atomic mass is 10.1. The first-order valence-corrected chi connectivity index (χ1v) is 5.58. The van der Waals surface area contributed by atoms with Crippen LogP contribution in [0.3, 0.4) is 0 Å². The molecule has 0 aromatic carbocycles. The largest absolute Gasteiger partial charge is 0.346 e. The number of halogens is 1. The maximum atomic E-state index is 12.0. The Hall–Kier alpha value is -1.42. The first-order chi connectivity index (χ1) is 7.72. The van der Waals surface area contributed by atoms with E-state index in [9.17, 15) is 9.59 Å². The van der Waals surface area contributed by atoms with Gasteiger partial charge in [-0.3, -0.25) is 14.6 Å².